The van der Waals surface area contributed by atoms with Crippen LogP contribution in [0.3, 0.4) is 0 Å². The zero-order chi connectivity index (χ0) is 15.5. The average molecular weight is 291 g/mol. The number of carbonyl (C=O) groups is 1. The van der Waals surface area contributed by atoms with Crippen molar-refractivity contribution in [3.05, 3.63) is 29.8 Å². The molecule has 0 bridgehead atoms. The summed E-state index contributed by atoms with van der Waals surface area (Å²) in [4.78, 5) is 14.2. The minimum absolute atomic E-state index is 0.179. The van der Waals surface area contributed by atoms with Crippen molar-refractivity contribution in [3.63, 3.8) is 0 Å². The number of hydrogen-bond donors (Lipinski definition) is 1. The highest BCUT2D eigenvalue weighted by Gasteiger charge is 2.30. The van der Waals surface area contributed by atoms with E-state index in [1.54, 1.807) is 12.1 Å². The van der Waals surface area contributed by atoms with Crippen molar-refractivity contribution in [2.24, 2.45) is 0 Å². The first-order valence-corrected chi connectivity index (χ1v) is 7.63. The maximum Gasteiger partial charge on any atom is 0.410 e. The van der Waals surface area contributed by atoms with Crippen LogP contribution in [0.25, 0.3) is 0 Å². The summed E-state index contributed by atoms with van der Waals surface area (Å²) in [6.07, 6.45) is 3.76. The molecule has 1 atom stereocenters. The van der Waals surface area contributed by atoms with Crippen LogP contribution in [0.1, 0.15) is 45.6 Å². The van der Waals surface area contributed by atoms with E-state index >= 15 is 0 Å². The summed E-state index contributed by atoms with van der Waals surface area (Å²) in [6.45, 7) is 6.44. The largest absolute Gasteiger partial charge is 0.508 e. The fourth-order valence-electron chi connectivity index (χ4n) is 2.68. The van der Waals surface area contributed by atoms with Crippen molar-refractivity contribution in [2.75, 3.05) is 6.54 Å². The highest BCUT2D eigenvalue weighted by atomic mass is 16.6. The maximum atomic E-state index is 12.3. The first kappa shape index (κ1) is 15.7. The molecule has 0 saturated carbocycles. The van der Waals surface area contributed by atoms with Crippen LogP contribution < -0.4 is 0 Å². The average Bonchev–Trinajstić information content (AvgIpc) is 2.40. The predicted octanol–water partition coefficient (Wildman–Crippen LogP) is 3.72. The molecule has 1 saturated heterocycles. The second-order valence-electron chi connectivity index (χ2n) is 6.69. The van der Waals surface area contributed by atoms with E-state index in [4.69, 9.17) is 4.74 Å². The van der Waals surface area contributed by atoms with E-state index in [1.165, 1.54) is 0 Å². The third-order valence-corrected chi connectivity index (χ3v) is 3.66. The van der Waals surface area contributed by atoms with Crippen molar-refractivity contribution >= 4 is 6.09 Å². The topological polar surface area (TPSA) is 49.8 Å². The quantitative estimate of drug-likeness (QED) is 0.903. The Bertz CT molecular complexity index is 476. The number of likely N-dealkylation sites (tertiary alicyclic amines) is 1. The Morgan fingerprint density at radius 1 is 1.29 bits per heavy atom. The van der Waals surface area contributed by atoms with E-state index in [2.05, 4.69) is 0 Å². The smallest absolute Gasteiger partial charge is 0.410 e. The van der Waals surface area contributed by atoms with E-state index in [-0.39, 0.29) is 17.9 Å². The highest BCUT2D eigenvalue weighted by molar-refractivity contribution is 5.68. The number of ether oxygens (including phenoxy) is 1. The number of piperidine rings is 1. The van der Waals surface area contributed by atoms with E-state index in [9.17, 15) is 9.90 Å². The van der Waals surface area contributed by atoms with Gasteiger partial charge in [-0.15, -0.1) is 0 Å². The Hall–Kier alpha value is -1.71. The number of rotatable bonds is 2. The molecule has 0 aromatic heterocycles. The molecule has 1 amide bonds. The lowest BCUT2D eigenvalue weighted by Gasteiger charge is -2.37. The Balaban J connectivity index is 2.04. The summed E-state index contributed by atoms with van der Waals surface area (Å²) >= 11 is 0. The van der Waals surface area contributed by atoms with Crippen LogP contribution in [0.4, 0.5) is 4.79 Å². The minimum atomic E-state index is -0.461. The van der Waals surface area contributed by atoms with Gasteiger partial charge in [-0.3, -0.25) is 0 Å². The van der Waals surface area contributed by atoms with E-state index in [1.807, 2.05) is 37.8 Å². The van der Waals surface area contributed by atoms with Gasteiger partial charge in [0, 0.05) is 12.6 Å². The fourth-order valence-corrected chi connectivity index (χ4v) is 2.68. The van der Waals surface area contributed by atoms with Crippen molar-refractivity contribution in [1.29, 1.82) is 0 Å². The molecule has 1 aromatic rings. The molecule has 4 nitrogen and oxygen atoms in total. The van der Waals surface area contributed by atoms with E-state index in [0.717, 1.165) is 37.8 Å². The molecule has 1 aliphatic rings. The maximum absolute atomic E-state index is 12.3. The van der Waals surface area contributed by atoms with Gasteiger partial charge in [0.2, 0.25) is 0 Å². The van der Waals surface area contributed by atoms with Crippen LogP contribution in [0, 0.1) is 0 Å². The monoisotopic (exact) mass is 291 g/mol. The summed E-state index contributed by atoms with van der Waals surface area (Å²) in [6, 6.07) is 7.39. The molecular weight excluding hydrogens is 266 g/mol. The first-order chi connectivity index (χ1) is 9.85. The van der Waals surface area contributed by atoms with Gasteiger partial charge < -0.3 is 14.7 Å². The Morgan fingerprint density at radius 3 is 2.57 bits per heavy atom. The van der Waals surface area contributed by atoms with Crippen molar-refractivity contribution in [3.8, 4) is 5.75 Å². The van der Waals surface area contributed by atoms with Crippen molar-refractivity contribution in [1.82, 2.24) is 4.90 Å². The van der Waals surface area contributed by atoms with Gasteiger partial charge in [-0.1, -0.05) is 12.1 Å². The summed E-state index contributed by atoms with van der Waals surface area (Å²) < 4.78 is 5.51. The minimum Gasteiger partial charge on any atom is -0.508 e. The number of phenolic OH excluding ortho intramolecular Hbond substituents is 1. The molecule has 1 N–H and O–H groups in total. The molecule has 0 aliphatic carbocycles. The number of benzene rings is 1. The van der Waals surface area contributed by atoms with Gasteiger partial charge in [0.05, 0.1) is 0 Å². The van der Waals surface area contributed by atoms with Crippen LogP contribution in [0.2, 0.25) is 0 Å². The van der Waals surface area contributed by atoms with Crippen LogP contribution in [-0.2, 0) is 11.2 Å². The Kier molecular flexibility index (Phi) is 4.76. The SMILES string of the molecule is CC(C)(C)OC(=O)N1CCCCC1Cc1ccc(O)cc1. The Morgan fingerprint density at radius 2 is 1.95 bits per heavy atom. The van der Waals surface area contributed by atoms with E-state index in [0.29, 0.717) is 0 Å². The molecule has 1 aliphatic heterocycles. The van der Waals surface area contributed by atoms with Crippen molar-refractivity contribution in [2.45, 2.75) is 58.1 Å². The van der Waals surface area contributed by atoms with Crippen LogP contribution in [0.5, 0.6) is 5.75 Å². The summed E-state index contributed by atoms with van der Waals surface area (Å²) in [5.41, 5.74) is 0.672. The standard InChI is InChI=1S/C17H25NO3/c1-17(2,3)21-16(20)18-11-5-4-6-14(18)12-13-7-9-15(19)10-8-13/h7-10,14,19H,4-6,11-12H2,1-3H3. The molecule has 1 unspecified atom stereocenters. The predicted molar refractivity (Wildman–Crippen MR) is 82.4 cm³/mol. The van der Waals surface area contributed by atoms with Gasteiger partial charge in [0.1, 0.15) is 11.4 Å². The van der Waals surface area contributed by atoms with E-state index < -0.39 is 5.60 Å². The van der Waals surface area contributed by atoms with Crippen LogP contribution in [0.15, 0.2) is 24.3 Å². The third-order valence-electron chi connectivity index (χ3n) is 3.66. The summed E-state index contributed by atoms with van der Waals surface area (Å²) in [5.74, 6) is 0.270. The molecule has 1 aromatic carbocycles. The van der Waals surface area contributed by atoms with Gasteiger partial charge in [-0.25, -0.2) is 4.79 Å². The van der Waals surface area contributed by atoms with Crippen molar-refractivity contribution < 1.29 is 14.6 Å². The first-order valence-electron chi connectivity index (χ1n) is 7.63. The molecule has 4 heteroatoms. The molecule has 116 valence electrons. The number of hydrogen-bond acceptors (Lipinski definition) is 3. The molecule has 21 heavy (non-hydrogen) atoms. The number of aromatic hydroxyl groups is 1. The second kappa shape index (κ2) is 6.37. The van der Waals surface area contributed by atoms with Gasteiger partial charge in [-0.05, 0) is 64.2 Å². The molecule has 0 spiro atoms. The van der Waals surface area contributed by atoms with Crippen LogP contribution >= 0.6 is 0 Å². The molecule has 0 radical (unpaired) electrons. The lowest BCUT2D eigenvalue weighted by molar-refractivity contribution is 0.00994. The third kappa shape index (κ3) is 4.66. The lowest BCUT2D eigenvalue weighted by atomic mass is 9.96. The molecular formula is C17H25NO3. The van der Waals surface area contributed by atoms with Crippen LogP contribution in [-0.4, -0.2) is 34.3 Å². The van der Waals surface area contributed by atoms with Gasteiger partial charge in [-0.2, -0.15) is 0 Å². The fraction of sp³-hybridized carbons (Fsp3) is 0.588. The lowest BCUT2D eigenvalue weighted by Crippen LogP contribution is -2.47. The molecule has 1 fully saturated rings. The molecule has 1 heterocycles. The zero-order valence-electron chi connectivity index (χ0n) is 13.1. The number of nitrogens with zero attached hydrogens (tertiary/aromatic N) is 1. The Labute approximate surface area is 126 Å². The second-order valence-corrected chi connectivity index (χ2v) is 6.69. The normalized spacial score (nSPS) is 19.4. The van der Waals surface area contributed by atoms with Gasteiger partial charge in [0.25, 0.3) is 0 Å². The highest BCUT2D eigenvalue weighted by Crippen LogP contribution is 2.23. The number of carbonyl (C=O) groups excluding carboxylic acids is 1. The number of phenols is 1. The summed E-state index contributed by atoms with van der Waals surface area (Å²) in [5, 5.41) is 9.35. The van der Waals surface area contributed by atoms with Gasteiger partial charge >= 0.3 is 6.09 Å². The summed E-state index contributed by atoms with van der Waals surface area (Å²) in [7, 11) is 0. The zero-order valence-corrected chi connectivity index (χ0v) is 13.1. The molecule has 2 rings (SSSR count). The van der Waals surface area contributed by atoms with Gasteiger partial charge in [0.15, 0.2) is 0 Å². The number of amides is 1.